The molecule has 1 unspecified atom stereocenters. The number of halogens is 1. The van der Waals surface area contributed by atoms with Crippen LogP contribution < -0.4 is 5.32 Å². The zero-order valence-electron chi connectivity index (χ0n) is 10.4. The molecule has 0 heterocycles. The fraction of sp³-hybridized carbons (Fsp3) is 0.429. The van der Waals surface area contributed by atoms with Crippen molar-refractivity contribution in [1.29, 1.82) is 5.26 Å². The van der Waals surface area contributed by atoms with E-state index < -0.39 is 5.92 Å². The topological polar surface area (TPSA) is 52.9 Å². The molecule has 1 aromatic carbocycles. The summed E-state index contributed by atoms with van der Waals surface area (Å²) in [5.41, 5.74) is 1.11. The molecule has 0 saturated carbocycles. The van der Waals surface area contributed by atoms with E-state index in [1.807, 2.05) is 37.3 Å². The van der Waals surface area contributed by atoms with Crippen LogP contribution in [0.4, 0.5) is 0 Å². The lowest BCUT2D eigenvalue weighted by Crippen LogP contribution is -2.31. The predicted molar refractivity (Wildman–Crippen MR) is 72.2 cm³/mol. The van der Waals surface area contributed by atoms with E-state index >= 15 is 0 Å². The maximum absolute atomic E-state index is 11.7. The quantitative estimate of drug-likeness (QED) is 0.859. The van der Waals surface area contributed by atoms with Crippen LogP contribution in [-0.2, 0) is 11.2 Å². The predicted octanol–water partition coefficient (Wildman–Crippen LogP) is 2.94. The molecule has 0 fully saturated rings. The van der Waals surface area contributed by atoms with Crippen LogP contribution in [0.5, 0.6) is 0 Å². The Bertz CT molecular complexity index is 422. The third-order valence-electron chi connectivity index (χ3n) is 2.68. The van der Waals surface area contributed by atoms with Gasteiger partial charge in [0.1, 0.15) is 5.92 Å². The molecule has 1 amide bonds. The second-order valence-electron chi connectivity index (χ2n) is 4.14. The summed E-state index contributed by atoms with van der Waals surface area (Å²) in [4.78, 5) is 11.7. The van der Waals surface area contributed by atoms with E-state index in [9.17, 15) is 4.79 Å². The van der Waals surface area contributed by atoms with Crippen LogP contribution in [0, 0.1) is 17.2 Å². The van der Waals surface area contributed by atoms with Crippen molar-refractivity contribution in [2.75, 3.05) is 6.54 Å². The molecule has 0 aromatic heterocycles. The minimum Gasteiger partial charge on any atom is -0.355 e. The van der Waals surface area contributed by atoms with Crippen LogP contribution in [0.25, 0.3) is 0 Å². The Kier molecular flexibility index (Phi) is 6.24. The van der Waals surface area contributed by atoms with Crippen LogP contribution >= 0.6 is 11.6 Å². The van der Waals surface area contributed by atoms with E-state index in [-0.39, 0.29) is 5.91 Å². The Morgan fingerprint density at radius 2 is 2.11 bits per heavy atom. The minimum atomic E-state index is -0.528. The van der Waals surface area contributed by atoms with Crippen molar-refractivity contribution in [3.05, 3.63) is 34.9 Å². The first-order valence-electron chi connectivity index (χ1n) is 6.09. The smallest absolute Gasteiger partial charge is 0.237 e. The highest BCUT2D eigenvalue weighted by Gasteiger charge is 2.15. The Labute approximate surface area is 113 Å². The molecule has 18 heavy (non-hydrogen) atoms. The monoisotopic (exact) mass is 264 g/mol. The van der Waals surface area contributed by atoms with Gasteiger partial charge >= 0.3 is 0 Å². The molecule has 3 nitrogen and oxygen atoms in total. The van der Waals surface area contributed by atoms with Crippen LogP contribution in [0.3, 0.4) is 0 Å². The van der Waals surface area contributed by atoms with Crippen LogP contribution in [0.15, 0.2) is 24.3 Å². The van der Waals surface area contributed by atoms with Crippen molar-refractivity contribution in [2.45, 2.75) is 26.2 Å². The molecule has 0 aliphatic heterocycles. The zero-order chi connectivity index (χ0) is 13.4. The van der Waals surface area contributed by atoms with Crippen molar-refractivity contribution in [2.24, 2.45) is 5.92 Å². The number of benzene rings is 1. The number of carbonyl (C=O) groups is 1. The third kappa shape index (κ3) is 4.77. The summed E-state index contributed by atoms with van der Waals surface area (Å²) in [5.74, 6) is -0.700. The van der Waals surface area contributed by atoms with E-state index in [1.165, 1.54) is 0 Å². The molecule has 4 heteroatoms. The molecule has 0 radical (unpaired) electrons. The summed E-state index contributed by atoms with van der Waals surface area (Å²) < 4.78 is 0. The largest absolute Gasteiger partial charge is 0.355 e. The number of hydrogen-bond acceptors (Lipinski definition) is 2. The lowest BCUT2D eigenvalue weighted by molar-refractivity contribution is -0.123. The summed E-state index contributed by atoms with van der Waals surface area (Å²) >= 11 is 5.79. The van der Waals surface area contributed by atoms with Crippen molar-refractivity contribution in [3.63, 3.8) is 0 Å². The molecule has 96 valence electrons. The van der Waals surface area contributed by atoms with Gasteiger partial charge in [-0.25, -0.2) is 0 Å². The van der Waals surface area contributed by atoms with Gasteiger partial charge in [0.15, 0.2) is 0 Å². The lowest BCUT2D eigenvalue weighted by Gasteiger charge is -2.09. The molecular weight excluding hydrogens is 248 g/mol. The van der Waals surface area contributed by atoms with Gasteiger partial charge in [-0.05, 0) is 30.5 Å². The highest BCUT2D eigenvalue weighted by molar-refractivity contribution is 6.30. The van der Waals surface area contributed by atoms with Crippen molar-refractivity contribution in [1.82, 2.24) is 5.32 Å². The van der Waals surface area contributed by atoms with Crippen molar-refractivity contribution in [3.8, 4) is 6.07 Å². The highest BCUT2D eigenvalue weighted by atomic mass is 35.5. The molecular formula is C14H17ClN2O. The SMILES string of the molecule is CCCC(C#N)C(=O)NCCc1ccc(Cl)cc1. The first-order chi connectivity index (χ1) is 8.67. The first kappa shape index (κ1) is 14.5. The molecule has 1 N–H and O–H groups in total. The van der Waals surface area contributed by atoms with Gasteiger partial charge in [-0.2, -0.15) is 5.26 Å². The molecule has 0 aliphatic carbocycles. The fourth-order valence-corrected chi connectivity index (χ4v) is 1.77. The number of nitrogens with zero attached hydrogens (tertiary/aromatic N) is 1. The molecule has 1 aromatic rings. The van der Waals surface area contributed by atoms with Gasteiger partial charge < -0.3 is 5.32 Å². The zero-order valence-corrected chi connectivity index (χ0v) is 11.2. The Hall–Kier alpha value is -1.53. The van der Waals surface area contributed by atoms with Crippen molar-refractivity contribution < 1.29 is 4.79 Å². The highest BCUT2D eigenvalue weighted by Crippen LogP contribution is 2.10. The maximum Gasteiger partial charge on any atom is 0.237 e. The summed E-state index contributed by atoms with van der Waals surface area (Å²) in [7, 11) is 0. The van der Waals surface area contributed by atoms with Crippen LogP contribution in [0.1, 0.15) is 25.3 Å². The second-order valence-corrected chi connectivity index (χ2v) is 4.57. The molecule has 0 saturated heterocycles. The summed E-state index contributed by atoms with van der Waals surface area (Å²) in [6.07, 6.45) is 2.19. The van der Waals surface area contributed by atoms with E-state index in [0.29, 0.717) is 18.0 Å². The Morgan fingerprint density at radius 3 is 2.67 bits per heavy atom. The van der Waals surface area contributed by atoms with E-state index in [4.69, 9.17) is 16.9 Å². The van der Waals surface area contributed by atoms with Gasteiger partial charge in [0, 0.05) is 11.6 Å². The average Bonchev–Trinajstić information content (AvgIpc) is 2.38. The van der Waals surface area contributed by atoms with Gasteiger partial charge in [0.25, 0.3) is 0 Å². The number of amides is 1. The molecule has 1 atom stereocenters. The van der Waals surface area contributed by atoms with Gasteiger partial charge in [-0.1, -0.05) is 37.1 Å². The summed E-state index contributed by atoms with van der Waals surface area (Å²) in [5, 5.41) is 12.3. The number of nitriles is 1. The first-order valence-corrected chi connectivity index (χ1v) is 6.47. The average molecular weight is 265 g/mol. The molecule has 0 spiro atoms. The van der Waals surface area contributed by atoms with Gasteiger partial charge in [-0.15, -0.1) is 0 Å². The normalized spacial score (nSPS) is 11.6. The van der Waals surface area contributed by atoms with Gasteiger partial charge in [0.2, 0.25) is 5.91 Å². The minimum absolute atomic E-state index is 0.173. The number of nitrogens with one attached hydrogen (secondary N) is 1. The third-order valence-corrected chi connectivity index (χ3v) is 2.93. The van der Waals surface area contributed by atoms with Gasteiger partial charge in [0.05, 0.1) is 6.07 Å². The standard InChI is InChI=1S/C14H17ClN2O/c1-2-3-12(10-16)14(18)17-9-8-11-4-6-13(15)7-5-11/h4-7,12H,2-3,8-9H2,1H3,(H,17,18). The number of carbonyl (C=O) groups excluding carboxylic acids is 1. The number of rotatable bonds is 6. The van der Waals surface area contributed by atoms with Crippen molar-refractivity contribution >= 4 is 17.5 Å². The lowest BCUT2D eigenvalue weighted by atomic mass is 10.0. The molecule has 1 rings (SSSR count). The van der Waals surface area contributed by atoms with Gasteiger partial charge in [-0.3, -0.25) is 4.79 Å². The fourth-order valence-electron chi connectivity index (χ4n) is 1.65. The molecule has 0 bridgehead atoms. The summed E-state index contributed by atoms with van der Waals surface area (Å²) in [6.45, 7) is 2.51. The second kappa shape index (κ2) is 7.73. The van der Waals surface area contributed by atoms with E-state index in [2.05, 4.69) is 5.32 Å². The van der Waals surface area contributed by atoms with E-state index in [1.54, 1.807) is 0 Å². The van der Waals surface area contributed by atoms with Crippen LogP contribution in [0.2, 0.25) is 5.02 Å². The summed E-state index contributed by atoms with van der Waals surface area (Å²) in [6, 6.07) is 9.55. The number of hydrogen-bond donors (Lipinski definition) is 1. The molecule has 0 aliphatic rings. The Balaban J connectivity index is 2.35. The maximum atomic E-state index is 11.7. The Morgan fingerprint density at radius 1 is 1.44 bits per heavy atom. The van der Waals surface area contributed by atoms with Crippen LogP contribution in [-0.4, -0.2) is 12.5 Å². The van der Waals surface area contributed by atoms with E-state index in [0.717, 1.165) is 18.4 Å².